The van der Waals surface area contributed by atoms with Crippen LogP contribution < -0.4 is 15.2 Å². The summed E-state index contributed by atoms with van der Waals surface area (Å²) < 4.78 is 13.2. The van der Waals surface area contributed by atoms with E-state index in [0.717, 1.165) is 37.0 Å². The lowest BCUT2D eigenvalue weighted by Gasteiger charge is -2.39. The normalized spacial score (nSPS) is 16.1. The Kier molecular flexibility index (Phi) is 7.66. The summed E-state index contributed by atoms with van der Waals surface area (Å²) in [6.07, 6.45) is 2.05. The summed E-state index contributed by atoms with van der Waals surface area (Å²) in [4.78, 5) is 15.4. The van der Waals surface area contributed by atoms with Crippen LogP contribution in [-0.2, 0) is 17.6 Å². The molecule has 0 aliphatic carbocycles. The lowest BCUT2D eigenvalue weighted by atomic mass is 9.86. The Morgan fingerprint density at radius 2 is 1.68 bits per heavy atom. The van der Waals surface area contributed by atoms with Gasteiger partial charge in [0.1, 0.15) is 0 Å². The first-order chi connectivity index (χ1) is 14.5. The molecule has 0 spiro atoms. The van der Waals surface area contributed by atoms with Gasteiger partial charge in [0, 0.05) is 20.1 Å². The van der Waals surface area contributed by atoms with E-state index in [1.807, 2.05) is 6.07 Å². The Hall–Kier alpha value is -1.23. The number of fused-ring (bicyclic) bond motifs is 1. The Bertz CT molecular complexity index is 963. The summed E-state index contributed by atoms with van der Waals surface area (Å²) in [6.45, 7) is 7.02. The molecule has 7 heteroatoms. The van der Waals surface area contributed by atoms with Gasteiger partial charge in [-0.1, -0.05) is 20.8 Å². The molecular weight excluding hydrogens is 618 g/mol. The molecule has 1 unspecified atom stereocenters. The van der Waals surface area contributed by atoms with Crippen molar-refractivity contribution in [2.24, 2.45) is 5.41 Å². The molecule has 1 aliphatic heterocycles. The van der Waals surface area contributed by atoms with Crippen molar-refractivity contribution in [2.45, 2.75) is 46.1 Å². The summed E-state index contributed by atoms with van der Waals surface area (Å²) in [5.41, 5.74) is 10.4. The van der Waals surface area contributed by atoms with Gasteiger partial charge in [-0.25, -0.2) is 0 Å². The lowest BCUT2D eigenvalue weighted by Crippen LogP contribution is -2.42. The summed E-state index contributed by atoms with van der Waals surface area (Å²) in [5, 5.41) is 0. The number of rotatable bonds is 5. The van der Waals surface area contributed by atoms with Crippen LogP contribution in [0.1, 0.15) is 49.9 Å². The summed E-state index contributed by atoms with van der Waals surface area (Å²) >= 11 is 4.56. The van der Waals surface area contributed by atoms with Crippen LogP contribution in [0, 0.1) is 12.6 Å². The average Bonchev–Trinajstić information content (AvgIpc) is 2.69. The zero-order chi connectivity index (χ0) is 22.9. The molecule has 1 amide bonds. The third kappa shape index (κ3) is 5.58. The maximum Gasteiger partial charge on any atom is 0.223 e. The van der Waals surface area contributed by atoms with E-state index in [1.165, 1.54) is 11.1 Å². The second-order valence-electron chi connectivity index (χ2n) is 9.17. The minimum atomic E-state index is -0.0640. The first kappa shape index (κ1) is 24.4. The molecule has 1 aliphatic rings. The molecule has 5 nitrogen and oxygen atoms in total. The highest BCUT2D eigenvalue weighted by Crippen LogP contribution is 2.40. The smallest absolute Gasteiger partial charge is 0.223 e. The SMILES string of the molecule is COc1cc2c(cc1OC)C(Cc1cc(I)c(N)c(I)c1)N(C(=O)CC(C)(C)C)CC2. The summed E-state index contributed by atoms with van der Waals surface area (Å²) in [5.74, 6) is 1.61. The van der Waals surface area contributed by atoms with Gasteiger partial charge in [0.25, 0.3) is 0 Å². The van der Waals surface area contributed by atoms with E-state index in [0.29, 0.717) is 18.7 Å². The fourth-order valence-electron chi connectivity index (χ4n) is 4.08. The predicted octanol–water partition coefficient (Wildman–Crippen LogP) is 5.60. The number of nitrogens with two attached hydrogens (primary N) is 1. The highest BCUT2D eigenvalue weighted by atomic mass is 127. The molecule has 2 aromatic carbocycles. The Labute approximate surface area is 212 Å². The molecule has 2 N–H and O–H groups in total. The molecule has 0 saturated heterocycles. The fourth-order valence-corrected chi connectivity index (χ4v) is 5.98. The molecule has 0 bridgehead atoms. The van der Waals surface area contributed by atoms with E-state index in [4.69, 9.17) is 15.2 Å². The molecule has 3 rings (SSSR count). The monoisotopic (exact) mass is 648 g/mol. The van der Waals surface area contributed by atoms with Crippen LogP contribution in [0.25, 0.3) is 0 Å². The molecule has 168 valence electrons. The average molecular weight is 648 g/mol. The van der Waals surface area contributed by atoms with E-state index >= 15 is 0 Å². The third-order valence-electron chi connectivity index (χ3n) is 5.57. The van der Waals surface area contributed by atoms with Gasteiger partial charge in [0.15, 0.2) is 11.5 Å². The van der Waals surface area contributed by atoms with Crippen LogP contribution in [0.2, 0.25) is 0 Å². The zero-order valence-corrected chi connectivity index (χ0v) is 23.0. The third-order valence-corrected chi connectivity index (χ3v) is 7.36. The highest BCUT2D eigenvalue weighted by Gasteiger charge is 2.34. The Balaban J connectivity index is 2.07. The number of carbonyl (C=O) groups is 1. The van der Waals surface area contributed by atoms with Crippen molar-refractivity contribution in [3.63, 3.8) is 0 Å². The van der Waals surface area contributed by atoms with Crippen molar-refractivity contribution in [3.05, 3.63) is 48.1 Å². The molecule has 0 radical (unpaired) electrons. The van der Waals surface area contributed by atoms with E-state index in [2.05, 4.69) is 89.1 Å². The van der Waals surface area contributed by atoms with Crippen LogP contribution >= 0.6 is 45.2 Å². The maximum atomic E-state index is 13.3. The number of ether oxygens (including phenoxy) is 2. The standard InChI is InChI=1S/C24H30I2N2O3/c1-24(2,3)13-22(29)28-7-6-15-11-20(30-4)21(31-5)12-16(15)19(28)10-14-8-17(25)23(27)18(26)9-14/h8-9,11-12,19H,6-7,10,13,27H2,1-5H3. The first-order valence-corrected chi connectivity index (χ1v) is 12.5. The van der Waals surface area contributed by atoms with Crippen molar-refractivity contribution in [3.8, 4) is 11.5 Å². The predicted molar refractivity (Wildman–Crippen MR) is 142 cm³/mol. The van der Waals surface area contributed by atoms with Crippen LogP contribution in [-0.4, -0.2) is 31.6 Å². The number of hydrogen-bond acceptors (Lipinski definition) is 4. The molecule has 0 saturated carbocycles. The molecule has 0 aromatic heterocycles. The van der Waals surface area contributed by atoms with Gasteiger partial charge in [-0.3, -0.25) is 4.79 Å². The second kappa shape index (κ2) is 9.72. The minimum Gasteiger partial charge on any atom is -0.493 e. The number of benzene rings is 2. The molecular formula is C24H30I2N2O3. The Morgan fingerprint density at radius 1 is 1.10 bits per heavy atom. The van der Waals surface area contributed by atoms with Gasteiger partial charge >= 0.3 is 0 Å². The number of nitrogens with zero attached hydrogens (tertiary/aromatic N) is 1. The number of nitrogen functional groups attached to an aromatic ring is 1. The van der Waals surface area contributed by atoms with Crippen molar-refractivity contribution >= 4 is 56.8 Å². The van der Waals surface area contributed by atoms with Crippen LogP contribution in [0.3, 0.4) is 0 Å². The van der Waals surface area contributed by atoms with Crippen LogP contribution in [0.4, 0.5) is 5.69 Å². The van der Waals surface area contributed by atoms with Gasteiger partial charge < -0.3 is 20.1 Å². The largest absolute Gasteiger partial charge is 0.493 e. The van der Waals surface area contributed by atoms with Crippen molar-refractivity contribution in [2.75, 3.05) is 26.5 Å². The molecule has 1 atom stereocenters. The Morgan fingerprint density at radius 3 is 2.23 bits per heavy atom. The topological polar surface area (TPSA) is 64.8 Å². The molecule has 31 heavy (non-hydrogen) atoms. The van der Waals surface area contributed by atoms with E-state index < -0.39 is 0 Å². The number of hydrogen-bond donors (Lipinski definition) is 1. The molecule has 0 fully saturated rings. The van der Waals surface area contributed by atoms with E-state index in [9.17, 15) is 4.79 Å². The van der Waals surface area contributed by atoms with Gasteiger partial charge in [0.05, 0.1) is 25.9 Å². The quantitative estimate of drug-likeness (QED) is 0.339. The fraction of sp³-hybridized carbons (Fsp3) is 0.458. The number of anilines is 1. The number of amides is 1. The van der Waals surface area contributed by atoms with Crippen molar-refractivity contribution in [1.82, 2.24) is 4.90 Å². The van der Waals surface area contributed by atoms with Gasteiger partial charge in [-0.05, 0) is 104 Å². The van der Waals surface area contributed by atoms with Crippen molar-refractivity contribution < 1.29 is 14.3 Å². The minimum absolute atomic E-state index is 0.0615. The van der Waals surface area contributed by atoms with Gasteiger partial charge in [-0.15, -0.1) is 0 Å². The second-order valence-corrected chi connectivity index (χ2v) is 11.5. The summed E-state index contributed by atoms with van der Waals surface area (Å²) in [6, 6.07) is 8.29. The van der Waals surface area contributed by atoms with Gasteiger partial charge in [-0.2, -0.15) is 0 Å². The van der Waals surface area contributed by atoms with E-state index in [-0.39, 0.29) is 17.4 Å². The summed E-state index contributed by atoms with van der Waals surface area (Å²) in [7, 11) is 3.30. The van der Waals surface area contributed by atoms with E-state index in [1.54, 1.807) is 14.2 Å². The highest BCUT2D eigenvalue weighted by molar-refractivity contribution is 14.1. The first-order valence-electron chi connectivity index (χ1n) is 10.3. The molecule has 2 aromatic rings. The van der Waals surface area contributed by atoms with Crippen molar-refractivity contribution in [1.29, 1.82) is 0 Å². The number of carbonyl (C=O) groups excluding carboxylic acids is 1. The number of halogens is 2. The number of methoxy groups -OCH3 is 2. The zero-order valence-electron chi connectivity index (χ0n) is 18.7. The van der Waals surface area contributed by atoms with Crippen LogP contribution in [0.5, 0.6) is 11.5 Å². The van der Waals surface area contributed by atoms with Gasteiger partial charge in [0.2, 0.25) is 5.91 Å². The lowest BCUT2D eigenvalue weighted by molar-refractivity contribution is -0.136. The molecule has 1 heterocycles. The van der Waals surface area contributed by atoms with Crippen LogP contribution in [0.15, 0.2) is 24.3 Å². The maximum absolute atomic E-state index is 13.3.